The molecular weight excluding hydrogens is 349 g/mol. The fourth-order valence-corrected chi connectivity index (χ4v) is 2.62. The molecule has 0 spiro atoms. The van der Waals surface area contributed by atoms with E-state index in [1.807, 2.05) is 25.1 Å². The van der Waals surface area contributed by atoms with Crippen molar-refractivity contribution in [3.63, 3.8) is 0 Å². The number of nitrogens with one attached hydrogen (secondary N) is 1. The highest BCUT2D eigenvalue weighted by molar-refractivity contribution is 5.94. The van der Waals surface area contributed by atoms with E-state index in [1.165, 1.54) is 24.3 Å². The van der Waals surface area contributed by atoms with E-state index in [-0.39, 0.29) is 24.2 Å². The lowest BCUT2D eigenvalue weighted by molar-refractivity contribution is -0.118. The Kier molecular flexibility index (Phi) is 5.49. The van der Waals surface area contributed by atoms with Gasteiger partial charge in [-0.05, 0) is 64.6 Å². The number of aryl methyl sites for hydroxylation is 1. The van der Waals surface area contributed by atoms with Gasteiger partial charge in [0.1, 0.15) is 11.6 Å². The summed E-state index contributed by atoms with van der Waals surface area (Å²) in [6, 6.07) is 11.6. The van der Waals surface area contributed by atoms with Gasteiger partial charge in [0.25, 0.3) is 5.91 Å². The average molecular weight is 369 g/mol. The summed E-state index contributed by atoms with van der Waals surface area (Å²) in [5.74, 6) is 0.341. The predicted octanol–water partition coefficient (Wildman–Crippen LogP) is 4.33. The van der Waals surface area contributed by atoms with Gasteiger partial charge >= 0.3 is 0 Å². The van der Waals surface area contributed by atoms with Crippen LogP contribution < -0.4 is 10.1 Å². The zero-order valence-electron chi connectivity index (χ0n) is 15.3. The van der Waals surface area contributed by atoms with Crippen LogP contribution in [0.25, 0.3) is 11.3 Å². The van der Waals surface area contributed by atoms with Gasteiger partial charge in [-0.2, -0.15) is 0 Å². The smallest absolute Gasteiger partial charge is 0.263 e. The highest BCUT2D eigenvalue weighted by Gasteiger charge is 2.16. The molecule has 0 bridgehead atoms. The molecule has 3 rings (SSSR count). The topological polar surface area (TPSA) is 77.2 Å². The third-order valence-corrected chi connectivity index (χ3v) is 4.01. The molecule has 0 radical (unpaired) electrons. The molecule has 2 aromatic carbocycles. The van der Waals surface area contributed by atoms with Crippen LogP contribution in [0.1, 0.15) is 30.9 Å². The van der Waals surface area contributed by atoms with Crippen molar-refractivity contribution in [2.24, 2.45) is 0 Å². The molecule has 0 fully saturated rings. The zero-order chi connectivity index (χ0) is 19.4. The Bertz CT molecular complexity index is 936. The first-order valence-corrected chi connectivity index (χ1v) is 8.55. The number of hydrogen-bond acceptors (Lipinski definition) is 5. The largest absolute Gasteiger partial charge is 0.483 e. The Morgan fingerprint density at radius 2 is 1.93 bits per heavy atom. The van der Waals surface area contributed by atoms with E-state index in [1.54, 1.807) is 0 Å². The molecule has 1 heterocycles. The van der Waals surface area contributed by atoms with E-state index in [0.717, 1.165) is 11.1 Å². The predicted molar refractivity (Wildman–Crippen MR) is 99.1 cm³/mol. The fourth-order valence-electron chi connectivity index (χ4n) is 2.62. The van der Waals surface area contributed by atoms with E-state index in [9.17, 15) is 9.18 Å². The minimum atomic E-state index is -0.398. The van der Waals surface area contributed by atoms with Crippen LogP contribution in [0, 0.1) is 12.7 Å². The number of carbonyl (C=O) groups is 1. The number of benzene rings is 2. The molecule has 0 aliphatic heterocycles. The number of rotatable bonds is 6. The second-order valence-electron chi connectivity index (χ2n) is 6.50. The number of anilines is 1. The van der Waals surface area contributed by atoms with Crippen molar-refractivity contribution in [1.82, 2.24) is 10.3 Å². The minimum Gasteiger partial charge on any atom is -0.483 e. The zero-order valence-corrected chi connectivity index (χ0v) is 15.3. The Morgan fingerprint density at radius 3 is 2.63 bits per heavy atom. The molecule has 0 saturated heterocycles. The molecule has 0 aliphatic rings. The Balaban J connectivity index is 1.69. The Labute approximate surface area is 156 Å². The number of amides is 1. The number of ether oxygens (including phenoxy) is 1. The molecule has 0 unspecified atom stereocenters. The maximum absolute atomic E-state index is 13.1. The molecule has 6 nitrogen and oxygen atoms in total. The van der Waals surface area contributed by atoms with Gasteiger partial charge in [-0.3, -0.25) is 4.79 Å². The van der Waals surface area contributed by atoms with Crippen molar-refractivity contribution >= 4 is 11.7 Å². The summed E-state index contributed by atoms with van der Waals surface area (Å²) >= 11 is 0. The summed E-state index contributed by atoms with van der Waals surface area (Å²) in [6.07, 6.45) is 0. The molecule has 140 valence electrons. The lowest BCUT2D eigenvalue weighted by Crippen LogP contribution is -2.21. The van der Waals surface area contributed by atoms with E-state index >= 15 is 0 Å². The third-order valence-electron chi connectivity index (χ3n) is 4.01. The van der Waals surface area contributed by atoms with Gasteiger partial charge < -0.3 is 10.1 Å². The molecule has 0 aliphatic carbocycles. The van der Waals surface area contributed by atoms with Crippen LogP contribution in [0.2, 0.25) is 0 Å². The van der Waals surface area contributed by atoms with Crippen molar-refractivity contribution in [2.45, 2.75) is 26.7 Å². The van der Waals surface area contributed by atoms with Crippen molar-refractivity contribution in [2.75, 3.05) is 11.9 Å². The number of nitrogens with zero attached hydrogens (tertiary/aromatic N) is 2. The monoisotopic (exact) mass is 369 g/mol. The summed E-state index contributed by atoms with van der Waals surface area (Å²) in [4.78, 5) is 12.3. The van der Waals surface area contributed by atoms with Crippen LogP contribution in [0.3, 0.4) is 0 Å². The molecule has 1 aromatic heterocycles. The average Bonchev–Trinajstić information content (AvgIpc) is 3.08. The van der Waals surface area contributed by atoms with Crippen molar-refractivity contribution < 1.29 is 18.6 Å². The van der Waals surface area contributed by atoms with Crippen molar-refractivity contribution in [1.29, 1.82) is 0 Å². The van der Waals surface area contributed by atoms with Gasteiger partial charge in [-0.15, -0.1) is 0 Å². The van der Waals surface area contributed by atoms with E-state index in [0.29, 0.717) is 17.0 Å². The first-order valence-electron chi connectivity index (χ1n) is 8.55. The van der Waals surface area contributed by atoms with E-state index in [2.05, 4.69) is 29.5 Å². The molecule has 3 aromatic rings. The molecule has 1 N–H and O–H groups in total. The second kappa shape index (κ2) is 7.99. The molecule has 27 heavy (non-hydrogen) atoms. The Morgan fingerprint density at radius 1 is 1.19 bits per heavy atom. The van der Waals surface area contributed by atoms with Crippen LogP contribution >= 0.6 is 0 Å². The molecule has 0 saturated carbocycles. The summed E-state index contributed by atoms with van der Waals surface area (Å²) in [5, 5.41) is 10.1. The van der Waals surface area contributed by atoms with Crippen LogP contribution in [0.15, 0.2) is 47.1 Å². The van der Waals surface area contributed by atoms with E-state index < -0.39 is 5.91 Å². The number of hydrogen-bond donors (Lipinski definition) is 1. The quantitative estimate of drug-likeness (QED) is 0.700. The van der Waals surface area contributed by atoms with Gasteiger partial charge in [0.05, 0.1) is 0 Å². The normalized spacial score (nSPS) is 10.9. The van der Waals surface area contributed by atoms with Gasteiger partial charge in [-0.1, -0.05) is 26.0 Å². The second-order valence-corrected chi connectivity index (χ2v) is 6.50. The van der Waals surface area contributed by atoms with Crippen LogP contribution in [0.5, 0.6) is 5.75 Å². The van der Waals surface area contributed by atoms with Crippen molar-refractivity contribution in [3.8, 4) is 17.0 Å². The Hall–Kier alpha value is -3.22. The maximum Gasteiger partial charge on any atom is 0.263 e. The molecule has 7 heteroatoms. The fraction of sp³-hybridized carbons (Fsp3) is 0.250. The van der Waals surface area contributed by atoms with Gasteiger partial charge in [0, 0.05) is 5.56 Å². The highest BCUT2D eigenvalue weighted by atomic mass is 19.1. The van der Waals surface area contributed by atoms with E-state index in [4.69, 9.17) is 9.37 Å². The first-order chi connectivity index (χ1) is 12.9. The van der Waals surface area contributed by atoms with Crippen molar-refractivity contribution in [3.05, 3.63) is 59.4 Å². The van der Waals surface area contributed by atoms with Crippen LogP contribution in [-0.2, 0) is 4.79 Å². The maximum atomic E-state index is 13.1. The highest BCUT2D eigenvalue weighted by Crippen LogP contribution is 2.28. The lowest BCUT2D eigenvalue weighted by Gasteiger charge is -2.14. The minimum absolute atomic E-state index is 0.156. The van der Waals surface area contributed by atoms with Crippen LogP contribution in [-0.4, -0.2) is 22.8 Å². The summed E-state index contributed by atoms with van der Waals surface area (Å²) < 4.78 is 23.5. The molecule has 1 amide bonds. The SMILES string of the molecule is Cc1ccc(C(C)C)c(OCC(=O)Nc2nonc2-c2ccc(F)cc2)c1. The lowest BCUT2D eigenvalue weighted by atomic mass is 10.0. The number of aromatic nitrogens is 2. The summed E-state index contributed by atoms with van der Waals surface area (Å²) in [5.41, 5.74) is 2.98. The first kappa shape index (κ1) is 18.6. The van der Waals surface area contributed by atoms with Gasteiger partial charge in [0.15, 0.2) is 12.3 Å². The summed E-state index contributed by atoms with van der Waals surface area (Å²) in [6.45, 7) is 5.91. The standard InChI is InChI=1S/C20H20FN3O3/c1-12(2)16-9-4-13(3)10-17(16)26-11-18(25)22-20-19(23-27-24-20)14-5-7-15(21)8-6-14/h4-10,12H,11H2,1-3H3,(H,22,24,25). The summed E-state index contributed by atoms with van der Waals surface area (Å²) in [7, 11) is 0. The van der Waals surface area contributed by atoms with Crippen LogP contribution in [0.4, 0.5) is 10.2 Å². The number of halogens is 1. The molecular formula is C20H20FN3O3. The third kappa shape index (κ3) is 4.49. The number of carbonyl (C=O) groups excluding carboxylic acids is 1. The molecule has 0 atom stereocenters. The van der Waals surface area contributed by atoms with Gasteiger partial charge in [-0.25, -0.2) is 9.02 Å². The van der Waals surface area contributed by atoms with Gasteiger partial charge in [0.2, 0.25) is 5.82 Å².